The fourth-order valence-electron chi connectivity index (χ4n) is 11.7. The average Bonchev–Trinajstić information content (AvgIpc) is 3.59. The first-order valence-electron chi connectivity index (χ1n) is 22.5. The highest BCUT2D eigenvalue weighted by Gasteiger charge is 2.84. The Bertz CT molecular complexity index is 3000. The van der Waals surface area contributed by atoms with Gasteiger partial charge in [-0.05, 0) is 93.2 Å². The third-order valence-electron chi connectivity index (χ3n) is 14.3. The van der Waals surface area contributed by atoms with E-state index in [1.165, 1.54) is 7.11 Å². The summed E-state index contributed by atoms with van der Waals surface area (Å²) in [6.07, 6.45) is 10.1. The Balaban J connectivity index is 1.40. The van der Waals surface area contributed by atoms with Gasteiger partial charge in [0.1, 0.15) is 17.1 Å². The van der Waals surface area contributed by atoms with Crippen LogP contribution in [0.2, 0.25) is 0 Å². The van der Waals surface area contributed by atoms with Crippen molar-refractivity contribution in [1.82, 2.24) is 0 Å². The Labute approximate surface area is 398 Å². The van der Waals surface area contributed by atoms with E-state index in [2.05, 4.69) is 8.62 Å². The fraction of sp³-hybridized carbons (Fsp3) is 0.458. The minimum absolute atomic E-state index is 0.0164. The first-order chi connectivity index (χ1) is 32.1. The number of methoxy groups -OCH3 is 1. The number of carbonyl (C=O) groups excluding carboxylic acids is 3. The average molecular weight is 1010 g/mol. The van der Waals surface area contributed by atoms with E-state index < -0.39 is 81.3 Å². The molecule has 9 atom stereocenters. The van der Waals surface area contributed by atoms with Crippen molar-refractivity contribution in [2.45, 2.75) is 110 Å². The zero-order valence-electron chi connectivity index (χ0n) is 39.4. The number of Topliss-reactive ketones (excluding diaryl/α,β-unsaturated/α-hetero) is 2. The van der Waals surface area contributed by atoms with Gasteiger partial charge in [-0.15, -0.1) is 0 Å². The molecular formula is C48H54NO17P3. The van der Waals surface area contributed by atoms with Crippen LogP contribution >= 0.6 is 23.5 Å². The zero-order chi connectivity index (χ0) is 50.2. The molecule has 18 nitrogen and oxygen atoms in total. The molecule has 0 amide bonds. The van der Waals surface area contributed by atoms with Crippen LogP contribution in [-0.4, -0.2) is 72.3 Å². The van der Waals surface area contributed by atoms with Gasteiger partial charge in [0.15, 0.2) is 28.5 Å². The molecule has 3 saturated carbocycles. The van der Waals surface area contributed by atoms with Crippen molar-refractivity contribution in [3.05, 3.63) is 98.7 Å². The van der Waals surface area contributed by atoms with Crippen molar-refractivity contribution in [3.8, 4) is 17.2 Å². The van der Waals surface area contributed by atoms with Crippen molar-refractivity contribution >= 4 is 58.5 Å². The third-order valence-corrected chi connectivity index (χ3v) is 18.1. The molecule has 4 aliphatic carbocycles. The molecule has 1 spiro atoms. The maximum absolute atomic E-state index is 15.8. The lowest BCUT2D eigenvalue weighted by molar-refractivity contribution is -0.183. The van der Waals surface area contributed by atoms with Crippen molar-refractivity contribution in [2.75, 3.05) is 7.11 Å². The van der Waals surface area contributed by atoms with Crippen molar-refractivity contribution in [1.29, 1.82) is 0 Å². The van der Waals surface area contributed by atoms with Crippen molar-refractivity contribution < 1.29 is 79.7 Å². The van der Waals surface area contributed by atoms with Gasteiger partial charge in [0.2, 0.25) is 0 Å². The van der Waals surface area contributed by atoms with E-state index in [0.29, 0.717) is 40.8 Å². The Morgan fingerprint density at radius 1 is 0.899 bits per heavy atom. The van der Waals surface area contributed by atoms with Crippen LogP contribution in [0.1, 0.15) is 114 Å². The molecule has 1 saturated heterocycles. The zero-order valence-corrected chi connectivity index (χ0v) is 42.1. The maximum atomic E-state index is 15.8. The predicted molar refractivity (Wildman–Crippen MR) is 250 cm³/mol. The third kappa shape index (κ3) is 7.87. The molecule has 9 unspecified atom stereocenters. The molecule has 2 aromatic carbocycles. The second kappa shape index (κ2) is 16.5. The van der Waals surface area contributed by atoms with Gasteiger partial charge in [0.05, 0.1) is 41.2 Å². The number of phosphoric ester groups is 1. The van der Waals surface area contributed by atoms with Gasteiger partial charge in [0, 0.05) is 52.0 Å². The normalized spacial score (nSPS) is 30.3. The standard InChI is InChI=1S/C48H54NO17P3/c1-24(2)13-12-20-46(8)21-19-30-40(61-46)29(17-16-25(3)4)41-35(42(30)63-68(56,57)66-69(58,59)65-67(53,54)55)38-36-33(34-37(49-38)27-14-10-11-15-28(27)39(34)50)31-23-32-45(6,7)64-47(43(31)51,48(32,36)62-41)22-18-26(5)44(52)60-9/h10-11,13-16,18-19,21,31-34H,12,17,20,22-23H2,1-9H3,(H,56,57)(H,58,59)(H2,53,54,55)/b26-18-. The van der Waals surface area contributed by atoms with Crippen LogP contribution in [0, 0.1) is 23.7 Å². The van der Waals surface area contributed by atoms with Gasteiger partial charge < -0.3 is 38.2 Å². The molecule has 0 radical (unpaired) electrons. The lowest BCUT2D eigenvalue weighted by Gasteiger charge is -2.62. The second-order valence-electron chi connectivity index (χ2n) is 19.9. The van der Waals surface area contributed by atoms with Crippen molar-refractivity contribution in [2.24, 2.45) is 28.7 Å². The number of hydrogen-bond acceptors (Lipinski definition) is 14. The predicted octanol–water partition coefficient (Wildman–Crippen LogP) is 8.86. The van der Waals surface area contributed by atoms with E-state index in [0.717, 1.165) is 11.1 Å². The largest absolute Gasteiger partial charge is 0.536 e. The van der Waals surface area contributed by atoms with Crippen LogP contribution in [0.3, 0.4) is 0 Å². The molecule has 4 N–H and O–H groups in total. The number of nitrogens with zero attached hydrogens (tertiary/aromatic N) is 1. The molecule has 4 bridgehead atoms. The molecule has 4 aliphatic heterocycles. The van der Waals surface area contributed by atoms with Crippen LogP contribution in [0.25, 0.3) is 11.8 Å². The number of hydrogen-bond donors (Lipinski definition) is 4. The number of rotatable bonds is 14. The molecular weight excluding hydrogens is 955 g/mol. The van der Waals surface area contributed by atoms with Gasteiger partial charge in [-0.1, -0.05) is 53.6 Å². The second-order valence-corrected chi connectivity index (χ2v) is 24.2. The molecule has 21 heteroatoms. The summed E-state index contributed by atoms with van der Waals surface area (Å²) >= 11 is 0. The number of carbonyl (C=O) groups is 3. The number of allylic oxidation sites excluding steroid dienone is 4. The molecule has 4 heterocycles. The summed E-state index contributed by atoms with van der Waals surface area (Å²) in [5.74, 6) is -5.01. The smallest absolute Gasteiger partial charge is 0.482 e. The topological polar surface area (TPSA) is 260 Å². The number of ketones is 2. The van der Waals surface area contributed by atoms with Crippen LogP contribution in [0.5, 0.6) is 17.2 Å². The van der Waals surface area contributed by atoms with Crippen molar-refractivity contribution in [3.63, 3.8) is 0 Å². The Kier molecular flexibility index (Phi) is 11.8. The van der Waals surface area contributed by atoms with Crippen LogP contribution in [0.4, 0.5) is 0 Å². The van der Waals surface area contributed by atoms with E-state index in [-0.39, 0.29) is 64.7 Å². The highest BCUT2D eigenvalue weighted by Crippen LogP contribution is 2.75. The Morgan fingerprint density at radius 3 is 2.23 bits per heavy atom. The number of phosphoric acid groups is 3. The fourth-order valence-corrected chi connectivity index (χ4v) is 14.7. The van der Waals surface area contributed by atoms with E-state index in [1.54, 1.807) is 49.4 Å². The number of ether oxygens (including phenoxy) is 4. The summed E-state index contributed by atoms with van der Waals surface area (Å²) < 4.78 is 79.9. The summed E-state index contributed by atoms with van der Waals surface area (Å²) in [5.41, 5.74) is -1.49. The Morgan fingerprint density at radius 2 is 1.58 bits per heavy atom. The molecule has 8 aliphatic rings. The monoisotopic (exact) mass is 1010 g/mol. The van der Waals surface area contributed by atoms with E-state index in [4.69, 9.17) is 28.5 Å². The molecule has 0 aromatic heterocycles. The lowest BCUT2D eigenvalue weighted by atomic mass is 9.43. The van der Waals surface area contributed by atoms with Gasteiger partial charge >= 0.3 is 29.4 Å². The minimum atomic E-state index is -6.04. The molecule has 4 fully saturated rings. The first kappa shape index (κ1) is 49.4. The van der Waals surface area contributed by atoms with E-state index >= 15 is 4.79 Å². The number of aliphatic imine (C=N–C) groups is 1. The lowest BCUT2D eigenvalue weighted by Crippen LogP contribution is -2.75. The SMILES string of the molecule is COC(=O)/C(C)=C\CC12OC(C)(C)C3CC(C1=O)C1C4=C(N=C5c6ccccc6C(=O)C51)c1c(OP(=O)(O)OP(=O)(O)OP(=O)(O)O)c5c(c(CC=C(C)C)c1OC432)OC(C)(CCC=C(C)C)C=C5. The summed E-state index contributed by atoms with van der Waals surface area (Å²) in [7, 11) is -16.6. The molecule has 69 heavy (non-hydrogen) atoms. The number of fused-ring (bicyclic) bond motifs is 6. The number of esters is 1. The molecule has 10 rings (SSSR count). The quantitative estimate of drug-likeness (QED) is 0.0596. The van der Waals surface area contributed by atoms with Gasteiger partial charge in [0.25, 0.3) is 0 Å². The van der Waals surface area contributed by atoms with Crippen LogP contribution < -0.4 is 14.0 Å². The summed E-state index contributed by atoms with van der Waals surface area (Å²) in [6.45, 7) is 14.8. The maximum Gasteiger partial charge on any atom is 0.536 e. The highest BCUT2D eigenvalue weighted by molar-refractivity contribution is 7.66. The van der Waals surface area contributed by atoms with Gasteiger partial charge in [-0.25, -0.2) is 18.5 Å². The highest BCUT2D eigenvalue weighted by atomic mass is 31.3. The summed E-state index contributed by atoms with van der Waals surface area (Å²) in [4.78, 5) is 89.4. The number of benzene rings is 2. The minimum Gasteiger partial charge on any atom is -0.482 e. The Hall–Kier alpha value is -4.57. The summed E-state index contributed by atoms with van der Waals surface area (Å²) in [5, 5.41) is 0. The van der Waals surface area contributed by atoms with E-state index in [9.17, 15) is 42.9 Å². The summed E-state index contributed by atoms with van der Waals surface area (Å²) in [6, 6.07) is 6.92. The molecule has 368 valence electrons. The van der Waals surface area contributed by atoms with Crippen LogP contribution in [-0.2, 0) is 47.8 Å². The van der Waals surface area contributed by atoms with Gasteiger partial charge in [-0.2, -0.15) is 8.62 Å². The van der Waals surface area contributed by atoms with E-state index in [1.807, 2.05) is 60.6 Å². The van der Waals surface area contributed by atoms with Crippen LogP contribution in [0.15, 0.2) is 75.9 Å². The molecule has 2 aromatic rings. The van der Waals surface area contributed by atoms with Gasteiger partial charge in [-0.3, -0.25) is 19.5 Å². The first-order valence-corrected chi connectivity index (χ1v) is 27.0.